The van der Waals surface area contributed by atoms with E-state index >= 15 is 0 Å². The van der Waals surface area contributed by atoms with Gasteiger partial charge in [0, 0.05) is 47.5 Å². The first-order valence-electron chi connectivity index (χ1n) is 11.1. The van der Waals surface area contributed by atoms with Crippen molar-refractivity contribution in [1.82, 2.24) is 10.6 Å². The van der Waals surface area contributed by atoms with Gasteiger partial charge in [0.15, 0.2) is 5.96 Å². The highest BCUT2D eigenvalue weighted by atomic mass is 32.2. The van der Waals surface area contributed by atoms with E-state index in [4.69, 9.17) is 4.74 Å². The molecule has 0 bridgehead atoms. The summed E-state index contributed by atoms with van der Waals surface area (Å²) >= 11 is 0. The van der Waals surface area contributed by atoms with E-state index in [0.717, 1.165) is 49.5 Å². The first kappa shape index (κ1) is 23.0. The minimum atomic E-state index is -0.747. The zero-order chi connectivity index (χ0) is 21.3. The average Bonchev–Trinajstić information content (AvgIpc) is 2.78. The highest BCUT2D eigenvalue weighted by Crippen LogP contribution is 2.24. The number of anilines is 1. The van der Waals surface area contributed by atoms with Crippen molar-refractivity contribution in [2.45, 2.75) is 57.4 Å². The predicted octanol–water partition coefficient (Wildman–Crippen LogP) is 2.80. The Balaban J connectivity index is 1.61. The summed E-state index contributed by atoms with van der Waals surface area (Å²) in [4.78, 5) is 6.69. The van der Waals surface area contributed by atoms with Crippen LogP contribution < -0.4 is 15.5 Å². The third-order valence-corrected chi connectivity index (χ3v) is 7.49. The number of halogens is 1. The molecule has 1 saturated carbocycles. The quantitative estimate of drug-likeness (QED) is 0.506. The molecule has 3 rings (SSSR count). The number of aliphatic imine (C=N–C) groups is 1. The third kappa shape index (κ3) is 6.41. The fourth-order valence-electron chi connectivity index (χ4n) is 4.14. The number of hydrogen-bond donors (Lipinski definition) is 2. The summed E-state index contributed by atoms with van der Waals surface area (Å²) in [5.74, 6) is 1.25. The van der Waals surface area contributed by atoms with E-state index in [0.29, 0.717) is 38.5 Å². The molecule has 1 heterocycles. The average molecular weight is 439 g/mol. The molecule has 8 heteroatoms. The lowest BCUT2D eigenvalue weighted by molar-refractivity contribution is 0.122. The Morgan fingerprint density at radius 1 is 1.30 bits per heavy atom. The number of ether oxygens (including phenoxy) is 1. The second-order valence-corrected chi connectivity index (χ2v) is 9.89. The van der Waals surface area contributed by atoms with E-state index in [1.165, 1.54) is 0 Å². The fraction of sp³-hybridized carbons (Fsp3) is 0.682. The van der Waals surface area contributed by atoms with Crippen LogP contribution in [0.4, 0.5) is 10.1 Å². The minimum Gasteiger partial charge on any atom is -0.378 e. The molecule has 1 aromatic carbocycles. The molecule has 1 saturated heterocycles. The third-order valence-electron chi connectivity index (χ3n) is 5.75. The van der Waals surface area contributed by atoms with Crippen LogP contribution in [0.2, 0.25) is 0 Å². The summed E-state index contributed by atoms with van der Waals surface area (Å²) in [6, 6.07) is 5.65. The summed E-state index contributed by atoms with van der Waals surface area (Å²) in [6.45, 7) is 7.89. The van der Waals surface area contributed by atoms with Crippen LogP contribution >= 0.6 is 0 Å². The molecule has 0 aromatic heterocycles. The molecule has 168 valence electrons. The Morgan fingerprint density at radius 2 is 2.10 bits per heavy atom. The summed E-state index contributed by atoms with van der Waals surface area (Å²) in [5.41, 5.74) is 1.48. The first-order chi connectivity index (χ1) is 14.6. The van der Waals surface area contributed by atoms with Crippen LogP contribution in [-0.2, 0) is 22.1 Å². The van der Waals surface area contributed by atoms with Crippen molar-refractivity contribution < 1.29 is 13.3 Å². The van der Waals surface area contributed by atoms with Crippen LogP contribution in [0.5, 0.6) is 0 Å². The van der Waals surface area contributed by atoms with E-state index in [2.05, 4.69) is 15.6 Å². The highest BCUT2D eigenvalue weighted by Gasteiger charge is 2.26. The zero-order valence-electron chi connectivity index (χ0n) is 18.2. The van der Waals surface area contributed by atoms with E-state index in [-0.39, 0.29) is 17.1 Å². The van der Waals surface area contributed by atoms with Crippen LogP contribution in [0.25, 0.3) is 0 Å². The smallest absolute Gasteiger partial charge is 0.191 e. The fourth-order valence-corrected chi connectivity index (χ4v) is 5.49. The number of guanidine groups is 1. The standard InChI is InChI=1S/C22H35FN4O2S/c1-3-24-22(26-18-6-5-7-19(15-18)30(28)4-2)25-16-17-8-9-21(20(23)14-17)27-10-12-29-13-11-27/h8-9,14,18-19H,3-7,10-13,15-16H2,1-2H3,(H2,24,25,26). The topological polar surface area (TPSA) is 66.0 Å². The van der Waals surface area contributed by atoms with Gasteiger partial charge in [0.1, 0.15) is 5.82 Å². The lowest BCUT2D eigenvalue weighted by Crippen LogP contribution is -2.46. The number of benzene rings is 1. The maximum absolute atomic E-state index is 14.6. The molecule has 2 aliphatic rings. The van der Waals surface area contributed by atoms with Crippen LogP contribution in [0.15, 0.2) is 23.2 Å². The van der Waals surface area contributed by atoms with E-state index in [1.807, 2.05) is 30.9 Å². The summed E-state index contributed by atoms with van der Waals surface area (Å²) < 4.78 is 32.2. The second kappa shape index (κ2) is 11.6. The van der Waals surface area contributed by atoms with E-state index < -0.39 is 10.8 Å². The van der Waals surface area contributed by atoms with Crippen molar-refractivity contribution >= 4 is 22.4 Å². The minimum absolute atomic E-state index is 0.209. The molecule has 1 aromatic rings. The van der Waals surface area contributed by atoms with Crippen LogP contribution in [0.3, 0.4) is 0 Å². The molecule has 6 nitrogen and oxygen atoms in total. The summed E-state index contributed by atoms with van der Waals surface area (Å²) in [7, 11) is -0.747. The molecule has 0 radical (unpaired) electrons. The van der Waals surface area contributed by atoms with Gasteiger partial charge in [0.25, 0.3) is 0 Å². The molecular formula is C22H35FN4O2S. The Hall–Kier alpha value is -1.67. The van der Waals surface area contributed by atoms with Crippen LogP contribution in [0.1, 0.15) is 45.1 Å². The normalized spacial score (nSPS) is 23.8. The van der Waals surface area contributed by atoms with Gasteiger partial charge in [-0.05, 0) is 43.9 Å². The van der Waals surface area contributed by atoms with Gasteiger partial charge in [-0.3, -0.25) is 4.21 Å². The Bertz CT molecular complexity index is 740. The summed E-state index contributed by atoms with van der Waals surface area (Å²) in [5, 5.41) is 7.05. The van der Waals surface area contributed by atoms with Gasteiger partial charge in [0.2, 0.25) is 0 Å². The number of nitrogens with one attached hydrogen (secondary N) is 2. The number of hydrogen-bond acceptors (Lipinski definition) is 4. The predicted molar refractivity (Wildman–Crippen MR) is 122 cm³/mol. The van der Waals surface area contributed by atoms with Gasteiger partial charge in [0.05, 0.1) is 25.4 Å². The second-order valence-electron chi connectivity index (χ2n) is 7.88. The molecule has 0 spiro atoms. The first-order valence-corrected chi connectivity index (χ1v) is 12.5. The molecule has 3 atom stereocenters. The van der Waals surface area contributed by atoms with Crippen LogP contribution in [0, 0.1) is 5.82 Å². The largest absolute Gasteiger partial charge is 0.378 e. The molecule has 2 N–H and O–H groups in total. The zero-order valence-corrected chi connectivity index (χ0v) is 19.0. The molecular weight excluding hydrogens is 403 g/mol. The van der Waals surface area contributed by atoms with Gasteiger partial charge in [-0.15, -0.1) is 0 Å². The lowest BCUT2D eigenvalue weighted by atomic mass is 9.95. The Morgan fingerprint density at radius 3 is 2.80 bits per heavy atom. The molecule has 0 amide bonds. The lowest BCUT2D eigenvalue weighted by Gasteiger charge is -2.30. The number of rotatable bonds is 7. The number of nitrogens with zero attached hydrogens (tertiary/aromatic N) is 2. The van der Waals surface area contributed by atoms with Gasteiger partial charge in [-0.1, -0.05) is 19.4 Å². The Kier molecular flexibility index (Phi) is 8.93. The highest BCUT2D eigenvalue weighted by molar-refractivity contribution is 7.85. The SMILES string of the molecule is CCNC(=NCc1ccc(N2CCOCC2)c(F)c1)NC1CCCC(S(=O)CC)C1. The van der Waals surface area contributed by atoms with Gasteiger partial charge < -0.3 is 20.3 Å². The molecule has 1 aliphatic heterocycles. The van der Waals surface area contributed by atoms with Crippen molar-refractivity contribution in [1.29, 1.82) is 0 Å². The van der Waals surface area contributed by atoms with Crippen molar-refractivity contribution in [3.8, 4) is 0 Å². The molecule has 30 heavy (non-hydrogen) atoms. The van der Waals surface area contributed by atoms with E-state index in [1.54, 1.807) is 6.07 Å². The summed E-state index contributed by atoms with van der Waals surface area (Å²) in [6.07, 6.45) is 4.10. The van der Waals surface area contributed by atoms with Crippen molar-refractivity contribution in [2.75, 3.05) is 43.5 Å². The van der Waals surface area contributed by atoms with Crippen LogP contribution in [-0.4, -0.2) is 60.1 Å². The maximum Gasteiger partial charge on any atom is 0.191 e. The van der Waals surface area contributed by atoms with Gasteiger partial charge >= 0.3 is 0 Å². The Labute approximate surface area is 182 Å². The van der Waals surface area contributed by atoms with Gasteiger partial charge in [-0.25, -0.2) is 9.38 Å². The van der Waals surface area contributed by atoms with Crippen molar-refractivity contribution in [2.24, 2.45) is 4.99 Å². The molecule has 1 aliphatic carbocycles. The van der Waals surface area contributed by atoms with Crippen molar-refractivity contribution in [3.05, 3.63) is 29.6 Å². The number of morpholine rings is 1. The molecule has 2 fully saturated rings. The molecule has 3 unspecified atom stereocenters. The van der Waals surface area contributed by atoms with E-state index in [9.17, 15) is 8.60 Å². The maximum atomic E-state index is 14.6. The van der Waals surface area contributed by atoms with Gasteiger partial charge in [-0.2, -0.15) is 0 Å². The monoisotopic (exact) mass is 438 g/mol. The van der Waals surface area contributed by atoms with Crippen molar-refractivity contribution in [3.63, 3.8) is 0 Å².